The number of hydrogen-bond acceptors (Lipinski definition) is 5. The lowest BCUT2D eigenvalue weighted by Crippen LogP contribution is -2.47. The van der Waals surface area contributed by atoms with Crippen LogP contribution in [0.2, 0.25) is 0 Å². The minimum atomic E-state index is -0.658. The van der Waals surface area contributed by atoms with Gasteiger partial charge in [-0.05, 0) is 62.2 Å². The molecule has 6 nitrogen and oxygen atoms in total. The Hall–Kier alpha value is -2.71. The summed E-state index contributed by atoms with van der Waals surface area (Å²) in [5.41, 5.74) is 3.00. The van der Waals surface area contributed by atoms with E-state index < -0.39 is 6.10 Å². The van der Waals surface area contributed by atoms with Gasteiger partial charge in [0.2, 0.25) is 5.91 Å². The smallest absolute Gasteiger partial charge is 0.268 e. The number of hydrogen-bond donors (Lipinski definition) is 1. The molecule has 8 heteroatoms. The summed E-state index contributed by atoms with van der Waals surface area (Å²) in [5.74, 6) is 0.0527. The first-order valence-corrected chi connectivity index (χ1v) is 11.7. The van der Waals surface area contributed by atoms with E-state index in [4.69, 9.17) is 9.72 Å². The van der Waals surface area contributed by atoms with E-state index in [1.807, 2.05) is 35.7 Å². The second kappa shape index (κ2) is 9.20. The molecule has 31 heavy (non-hydrogen) atoms. The van der Waals surface area contributed by atoms with E-state index in [1.54, 1.807) is 30.4 Å². The maximum Gasteiger partial charge on any atom is 0.268 e. The summed E-state index contributed by atoms with van der Waals surface area (Å²) in [6.45, 7) is 3.72. The molecule has 4 rings (SSSR count). The van der Waals surface area contributed by atoms with Gasteiger partial charge >= 0.3 is 0 Å². The molecular weight excluding hydrogens is 478 g/mol. The van der Waals surface area contributed by atoms with E-state index in [2.05, 4.69) is 28.2 Å². The van der Waals surface area contributed by atoms with Crippen LogP contribution < -0.4 is 15.0 Å². The molecule has 1 aromatic heterocycles. The summed E-state index contributed by atoms with van der Waals surface area (Å²) in [7, 11) is 0. The van der Waals surface area contributed by atoms with Crippen molar-refractivity contribution in [2.45, 2.75) is 32.8 Å². The molecule has 1 aliphatic rings. The third-order valence-electron chi connectivity index (χ3n) is 4.91. The van der Waals surface area contributed by atoms with E-state index in [0.29, 0.717) is 17.1 Å². The third kappa shape index (κ3) is 4.80. The van der Waals surface area contributed by atoms with Crippen LogP contribution in [-0.4, -0.2) is 29.4 Å². The number of benzene rings is 2. The van der Waals surface area contributed by atoms with E-state index in [9.17, 15) is 9.59 Å². The standard InChI is InChI=1S/C23H22BrN3O3S/c1-3-4-22-26-18(13-31-22)15-5-10-20-19(11-15)27(23(29)14(2)30-20)12-21(28)25-17-8-6-16(24)7-9-17/h5-11,13-14H,3-4,12H2,1-2H3,(H,25,28). The monoisotopic (exact) mass is 499 g/mol. The second-order valence-electron chi connectivity index (χ2n) is 7.30. The van der Waals surface area contributed by atoms with Gasteiger partial charge in [-0.1, -0.05) is 22.9 Å². The summed E-state index contributed by atoms with van der Waals surface area (Å²) in [5, 5.41) is 5.95. The molecule has 2 amide bonds. The molecule has 1 N–H and O–H groups in total. The highest BCUT2D eigenvalue weighted by molar-refractivity contribution is 9.10. The van der Waals surface area contributed by atoms with Crippen molar-refractivity contribution in [2.24, 2.45) is 0 Å². The van der Waals surface area contributed by atoms with Gasteiger partial charge in [0.15, 0.2) is 6.10 Å². The molecule has 0 saturated heterocycles. The molecule has 0 fully saturated rings. The average molecular weight is 500 g/mol. The number of aromatic nitrogens is 1. The maximum absolute atomic E-state index is 12.9. The summed E-state index contributed by atoms with van der Waals surface area (Å²) >= 11 is 5.01. The molecule has 0 bridgehead atoms. The number of nitrogens with zero attached hydrogens (tertiary/aromatic N) is 2. The van der Waals surface area contributed by atoms with Crippen LogP contribution in [0.15, 0.2) is 52.3 Å². The van der Waals surface area contributed by atoms with Crippen molar-refractivity contribution in [2.75, 3.05) is 16.8 Å². The van der Waals surface area contributed by atoms with Gasteiger partial charge in [0.25, 0.3) is 5.91 Å². The Labute approximate surface area is 193 Å². The zero-order valence-corrected chi connectivity index (χ0v) is 19.6. The third-order valence-corrected chi connectivity index (χ3v) is 6.35. The fourth-order valence-corrected chi connectivity index (χ4v) is 4.55. The molecule has 0 spiro atoms. The van der Waals surface area contributed by atoms with Gasteiger partial charge in [-0.2, -0.15) is 0 Å². The van der Waals surface area contributed by atoms with Crippen LogP contribution in [0.1, 0.15) is 25.3 Å². The first kappa shape index (κ1) is 21.5. The van der Waals surface area contributed by atoms with Crippen LogP contribution in [-0.2, 0) is 16.0 Å². The molecule has 2 heterocycles. The Bertz CT molecular complexity index is 1110. The largest absolute Gasteiger partial charge is 0.479 e. The van der Waals surface area contributed by atoms with Gasteiger partial charge < -0.3 is 10.1 Å². The van der Waals surface area contributed by atoms with Crippen LogP contribution in [0.3, 0.4) is 0 Å². The van der Waals surface area contributed by atoms with Crippen LogP contribution in [0, 0.1) is 0 Å². The van der Waals surface area contributed by atoms with Crippen molar-refractivity contribution in [1.82, 2.24) is 4.98 Å². The molecule has 0 aliphatic carbocycles. The number of aryl methyl sites for hydroxylation is 1. The van der Waals surface area contributed by atoms with Gasteiger partial charge in [-0.15, -0.1) is 11.3 Å². The van der Waals surface area contributed by atoms with Crippen molar-refractivity contribution in [3.05, 3.63) is 57.3 Å². The lowest BCUT2D eigenvalue weighted by molar-refractivity contribution is -0.127. The lowest BCUT2D eigenvalue weighted by atomic mass is 10.1. The minimum Gasteiger partial charge on any atom is -0.479 e. The minimum absolute atomic E-state index is 0.1000. The van der Waals surface area contributed by atoms with Crippen molar-refractivity contribution in [3.63, 3.8) is 0 Å². The summed E-state index contributed by atoms with van der Waals surface area (Å²) in [6.07, 6.45) is 1.32. The molecule has 1 aliphatic heterocycles. The fourth-order valence-electron chi connectivity index (χ4n) is 3.38. The van der Waals surface area contributed by atoms with E-state index >= 15 is 0 Å². The number of fused-ring (bicyclic) bond motifs is 1. The average Bonchev–Trinajstić information content (AvgIpc) is 3.22. The molecule has 160 valence electrons. The summed E-state index contributed by atoms with van der Waals surface area (Å²) in [6, 6.07) is 12.9. The number of carbonyl (C=O) groups is 2. The SMILES string of the molecule is CCCc1nc(-c2ccc3c(c2)N(CC(=O)Nc2ccc(Br)cc2)C(=O)C(C)O3)cs1. The fraction of sp³-hybridized carbons (Fsp3) is 0.261. The maximum atomic E-state index is 12.9. The van der Waals surface area contributed by atoms with Gasteiger partial charge in [0.1, 0.15) is 12.3 Å². The highest BCUT2D eigenvalue weighted by Crippen LogP contribution is 2.37. The summed E-state index contributed by atoms with van der Waals surface area (Å²) in [4.78, 5) is 31.7. The number of nitrogens with one attached hydrogen (secondary N) is 1. The van der Waals surface area contributed by atoms with Gasteiger partial charge in [-0.25, -0.2) is 4.98 Å². The number of halogens is 1. The molecule has 3 aromatic rings. The molecule has 0 radical (unpaired) electrons. The summed E-state index contributed by atoms with van der Waals surface area (Å²) < 4.78 is 6.70. The van der Waals surface area contributed by atoms with E-state index in [-0.39, 0.29) is 18.4 Å². The number of rotatable bonds is 6. The number of amides is 2. The second-order valence-corrected chi connectivity index (χ2v) is 9.16. The van der Waals surface area contributed by atoms with Crippen LogP contribution in [0.5, 0.6) is 5.75 Å². The Kier molecular flexibility index (Phi) is 6.38. The first-order chi connectivity index (χ1) is 14.9. The molecular formula is C23H22BrN3O3S. The molecule has 2 aromatic carbocycles. The Balaban J connectivity index is 1.59. The normalized spacial score (nSPS) is 15.4. The van der Waals surface area contributed by atoms with Crippen molar-refractivity contribution < 1.29 is 14.3 Å². The number of ether oxygens (including phenoxy) is 1. The number of thiazole rings is 1. The van der Waals surface area contributed by atoms with Crippen LogP contribution in [0.4, 0.5) is 11.4 Å². The number of carbonyl (C=O) groups excluding carboxylic acids is 2. The van der Waals surface area contributed by atoms with Gasteiger partial charge in [-0.3, -0.25) is 14.5 Å². The van der Waals surface area contributed by atoms with Crippen LogP contribution in [0.25, 0.3) is 11.3 Å². The molecule has 1 atom stereocenters. The first-order valence-electron chi connectivity index (χ1n) is 10.1. The zero-order chi connectivity index (χ0) is 22.0. The predicted octanol–water partition coefficient (Wildman–Crippen LogP) is 5.28. The Morgan fingerprint density at radius 3 is 2.77 bits per heavy atom. The Morgan fingerprint density at radius 1 is 1.26 bits per heavy atom. The topological polar surface area (TPSA) is 71.5 Å². The number of anilines is 2. The van der Waals surface area contributed by atoms with Crippen molar-refractivity contribution in [3.8, 4) is 17.0 Å². The van der Waals surface area contributed by atoms with Gasteiger partial charge in [0, 0.05) is 21.1 Å². The van der Waals surface area contributed by atoms with Crippen molar-refractivity contribution in [1.29, 1.82) is 0 Å². The van der Waals surface area contributed by atoms with Crippen LogP contribution >= 0.6 is 27.3 Å². The van der Waals surface area contributed by atoms with Crippen molar-refractivity contribution >= 4 is 50.5 Å². The van der Waals surface area contributed by atoms with E-state index in [0.717, 1.165) is 33.6 Å². The highest BCUT2D eigenvalue weighted by atomic mass is 79.9. The quantitative estimate of drug-likeness (QED) is 0.500. The molecule has 0 saturated carbocycles. The molecule has 1 unspecified atom stereocenters. The zero-order valence-electron chi connectivity index (χ0n) is 17.2. The Morgan fingerprint density at radius 2 is 2.03 bits per heavy atom. The predicted molar refractivity (Wildman–Crippen MR) is 127 cm³/mol. The highest BCUT2D eigenvalue weighted by Gasteiger charge is 2.33. The van der Waals surface area contributed by atoms with E-state index in [1.165, 1.54) is 4.90 Å². The lowest BCUT2D eigenvalue weighted by Gasteiger charge is -2.32. The van der Waals surface area contributed by atoms with Gasteiger partial charge in [0.05, 0.1) is 16.4 Å².